The molecule has 5 nitrogen and oxygen atoms in total. The molecular formula is C13H24N2O3. The van der Waals surface area contributed by atoms with Crippen LogP contribution in [0.3, 0.4) is 0 Å². The fraction of sp³-hybridized carbons (Fsp3) is 0.846. The summed E-state index contributed by atoms with van der Waals surface area (Å²) in [7, 11) is 0. The summed E-state index contributed by atoms with van der Waals surface area (Å²) >= 11 is 0. The summed E-state index contributed by atoms with van der Waals surface area (Å²) in [5.74, 6) is -0.0115. The van der Waals surface area contributed by atoms with Crippen molar-refractivity contribution in [2.24, 2.45) is 0 Å². The van der Waals surface area contributed by atoms with Gasteiger partial charge in [-0.25, -0.2) is 0 Å². The third kappa shape index (κ3) is 4.29. The molecule has 0 aromatic rings. The minimum Gasteiger partial charge on any atom is -0.377 e. The van der Waals surface area contributed by atoms with Crippen molar-refractivity contribution in [3.63, 3.8) is 0 Å². The van der Waals surface area contributed by atoms with Crippen LogP contribution in [0.25, 0.3) is 0 Å². The van der Waals surface area contributed by atoms with Gasteiger partial charge in [-0.15, -0.1) is 0 Å². The van der Waals surface area contributed by atoms with Gasteiger partial charge in [0.2, 0.25) is 11.8 Å². The molecule has 1 saturated heterocycles. The average molecular weight is 256 g/mol. The molecule has 5 heteroatoms. The molecule has 1 N–H and O–H groups in total. The second-order valence-corrected chi connectivity index (χ2v) is 4.71. The van der Waals surface area contributed by atoms with E-state index in [4.69, 9.17) is 4.74 Å². The minimum absolute atomic E-state index is 0.00873. The Labute approximate surface area is 109 Å². The van der Waals surface area contributed by atoms with E-state index >= 15 is 0 Å². The maximum absolute atomic E-state index is 12.3. The van der Waals surface area contributed by atoms with Crippen molar-refractivity contribution < 1.29 is 14.3 Å². The van der Waals surface area contributed by atoms with Gasteiger partial charge < -0.3 is 15.0 Å². The molecule has 0 aromatic heterocycles. The van der Waals surface area contributed by atoms with Crippen molar-refractivity contribution in [2.75, 3.05) is 19.7 Å². The van der Waals surface area contributed by atoms with Gasteiger partial charge in [0.1, 0.15) is 6.04 Å². The van der Waals surface area contributed by atoms with Crippen LogP contribution in [-0.4, -0.2) is 48.6 Å². The van der Waals surface area contributed by atoms with Crippen LogP contribution in [0.5, 0.6) is 0 Å². The van der Waals surface area contributed by atoms with Crippen molar-refractivity contribution in [1.82, 2.24) is 10.2 Å². The first-order valence-electron chi connectivity index (χ1n) is 6.78. The molecule has 1 rings (SSSR count). The first-order valence-corrected chi connectivity index (χ1v) is 6.78. The number of carbonyl (C=O) groups is 2. The second kappa shape index (κ2) is 7.36. The SMILES string of the molecule is CCCC1NC(=O)CCN(CC(C)OCC)C1=O. The largest absolute Gasteiger partial charge is 0.377 e. The standard InChI is InChI=1S/C13H24N2O3/c1-4-6-11-13(17)15(8-7-12(16)14-11)9-10(3)18-5-2/h10-11H,4-9H2,1-3H3,(H,14,16). The average Bonchev–Trinajstić information content (AvgIpc) is 2.44. The van der Waals surface area contributed by atoms with E-state index in [-0.39, 0.29) is 24.0 Å². The first-order chi connectivity index (χ1) is 8.58. The number of nitrogens with zero attached hydrogens (tertiary/aromatic N) is 1. The summed E-state index contributed by atoms with van der Waals surface area (Å²) < 4.78 is 5.46. The van der Waals surface area contributed by atoms with Crippen LogP contribution in [0.1, 0.15) is 40.0 Å². The molecule has 1 aliphatic rings. The highest BCUT2D eigenvalue weighted by Gasteiger charge is 2.29. The van der Waals surface area contributed by atoms with Crippen LogP contribution in [-0.2, 0) is 14.3 Å². The number of amides is 2. The second-order valence-electron chi connectivity index (χ2n) is 4.71. The number of hydrogen-bond donors (Lipinski definition) is 1. The third-order valence-electron chi connectivity index (χ3n) is 3.06. The maximum Gasteiger partial charge on any atom is 0.245 e. The molecule has 0 aromatic carbocycles. The fourth-order valence-corrected chi connectivity index (χ4v) is 2.21. The molecule has 2 amide bonds. The summed E-state index contributed by atoms with van der Waals surface area (Å²) in [6.45, 7) is 7.58. The summed E-state index contributed by atoms with van der Waals surface area (Å²) in [5, 5.41) is 2.79. The van der Waals surface area contributed by atoms with Crippen LogP contribution in [0.15, 0.2) is 0 Å². The van der Waals surface area contributed by atoms with Gasteiger partial charge in [-0.2, -0.15) is 0 Å². The Kier molecular flexibility index (Phi) is 6.12. The zero-order chi connectivity index (χ0) is 13.5. The van der Waals surface area contributed by atoms with E-state index in [2.05, 4.69) is 5.32 Å². The highest BCUT2D eigenvalue weighted by atomic mass is 16.5. The Hall–Kier alpha value is -1.10. The molecule has 2 atom stereocenters. The zero-order valence-electron chi connectivity index (χ0n) is 11.6. The zero-order valence-corrected chi connectivity index (χ0v) is 11.6. The van der Waals surface area contributed by atoms with Gasteiger partial charge >= 0.3 is 0 Å². The Morgan fingerprint density at radius 2 is 2.17 bits per heavy atom. The fourth-order valence-electron chi connectivity index (χ4n) is 2.21. The smallest absolute Gasteiger partial charge is 0.245 e. The van der Waals surface area contributed by atoms with Crippen LogP contribution >= 0.6 is 0 Å². The topological polar surface area (TPSA) is 58.6 Å². The molecular weight excluding hydrogens is 232 g/mol. The van der Waals surface area contributed by atoms with E-state index in [0.717, 1.165) is 6.42 Å². The number of nitrogens with one attached hydrogen (secondary N) is 1. The molecule has 104 valence electrons. The van der Waals surface area contributed by atoms with Gasteiger partial charge in [-0.1, -0.05) is 13.3 Å². The van der Waals surface area contributed by atoms with Crippen LogP contribution in [0.2, 0.25) is 0 Å². The van der Waals surface area contributed by atoms with Crippen LogP contribution in [0, 0.1) is 0 Å². The van der Waals surface area contributed by atoms with Crippen LogP contribution in [0.4, 0.5) is 0 Å². The lowest BCUT2D eigenvalue weighted by atomic mass is 10.1. The van der Waals surface area contributed by atoms with Crippen LogP contribution < -0.4 is 5.32 Å². The molecule has 2 unspecified atom stereocenters. The number of rotatable bonds is 6. The molecule has 0 radical (unpaired) electrons. The lowest BCUT2D eigenvalue weighted by molar-refractivity contribution is -0.135. The number of ether oxygens (including phenoxy) is 1. The Balaban J connectivity index is 2.64. The van der Waals surface area contributed by atoms with E-state index in [9.17, 15) is 9.59 Å². The summed E-state index contributed by atoms with van der Waals surface area (Å²) in [4.78, 5) is 25.6. The van der Waals surface area contributed by atoms with Crippen molar-refractivity contribution >= 4 is 11.8 Å². The molecule has 0 bridgehead atoms. The van der Waals surface area contributed by atoms with E-state index < -0.39 is 0 Å². The highest BCUT2D eigenvalue weighted by molar-refractivity contribution is 5.89. The first kappa shape index (κ1) is 15.0. The van der Waals surface area contributed by atoms with Gasteiger partial charge in [0.15, 0.2) is 0 Å². The monoisotopic (exact) mass is 256 g/mol. The number of carbonyl (C=O) groups excluding carboxylic acids is 2. The lowest BCUT2D eigenvalue weighted by Crippen LogP contribution is -2.46. The van der Waals surface area contributed by atoms with Crippen molar-refractivity contribution in [3.8, 4) is 0 Å². The van der Waals surface area contributed by atoms with E-state index in [1.165, 1.54) is 0 Å². The predicted octanol–water partition coefficient (Wildman–Crippen LogP) is 0.929. The van der Waals surface area contributed by atoms with Crippen molar-refractivity contribution in [3.05, 3.63) is 0 Å². The van der Waals surface area contributed by atoms with Gasteiger partial charge in [0.05, 0.1) is 6.10 Å². The highest BCUT2D eigenvalue weighted by Crippen LogP contribution is 2.09. The summed E-state index contributed by atoms with van der Waals surface area (Å²) in [6, 6.07) is -0.362. The Morgan fingerprint density at radius 1 is 1.44 bits per heavy atom. The Bertz CT molecular complexity index is 294. The Morgan fingerprint density at radius 3 is 2.78 bits per heavy atom. The quantitative estimate of drug-likeness (QED) is 0.769. The summed E-state index contributed by atoms with van der Waals surface area (Å²) in [6.07, 6.45) is 1.97. The molecule has 1 fully saturated rings. The van der Waals surface area contributed by atoms with E-state index in [1.54, 1.807) is 4.90 Å². The molecule has 0 spiro atoms. The van der Waals surface area contributed by atoms with Gasteiger partial charge in [0.25, 0.3) is 0 Å². The predicted molar refractivity (Wildman–Crippen MR) is 69.1 cm³/mol. The molecule has 18 heavy (non-hydrogen) atoms. The maximum atomic E-state index is 12.3. The van der Waals surface area contributed by atoms with Crippen molar-refractivity contribution in [2.45, 2.75) is 52.2 Å². The van der Waals surface area contributed by atoms with E-state index in [1.807, 2.05) is 20.8 Å². The third-order valence-corrected chi connectivity index (χ3v) is 3.06. The minimum atomic E-state index is -0.362. The van der Waals surface area contributed by atoms with Gasteiger partial charge in [-0.3, -0.25) is 9.59 Å². The van der Waals surface area contributed by atoms with E-state index in [0.29, 0.717) is 32.5 Å². The molecule has 0 saturated carbocycles. The molecule has 1 heterocycles. The normalized spacial score (nSPS) is 22.6. The van der Waals surface area contributed by atoms with Gasteiger partial charge in [-0.05, 0) is 20.3 Å². The summed E-state index contributed by atoms with van der Waals surface area (Å²) in [5.41, 5.74) is 0. The number of hydrogen-bond acceptors (Lipinski definition) is 3. The lowest BCUT2D eigenvalue weighted by Gasteiger charge is -2.26. The molecule has 1 aliphatic heterocycles. The van der Waals surface area contributed by atoms with Crippen molar-refractivity contribution in [1.29, 1.82) is 0 Å². The van der Waals surface area contributed by atoms with Gasteiger partial charge in [0, 0.05) is 26.1 Å². The molecule has 0 aliphatic carbocycles.